The van der Waals surface area contributed by atoms with Crippen LogP contribution in [0, 0.1) is 27.4 Å². The van der Waals surface area contributed by atoms with Crippen molar-refractivity contribution in [2.24, 2.45) is 0 Å². The minimum atomic E-state index is -4.97. The Balaban J connectivity index is 0.000000251. The number of hydrogen-bond donors (Lipinski definition) is 0. The Morgan fingerprint density at radius 1 is 0.686 bits per heavy atom. The predicted molar refractivity (Wildman–Crippen MR) is 126 cm³/mol. The van der Waals surface area contributed by atoms with Gasteiger partial charge >= 0.3 is 21.2 Å². The van der Waals surface area contributed by atoms with Crippen molar-refractivity contribution >= 4 is 21.5 Å². The molecule has 0 aliphatic rings. The highest BCUT2D eigenvalue weighted by molar-refractivity contribution is 7.85. The summed E-state index contributed by atoms with van der Waals surface area (Å²) in [5.41, 5.74) is 1.21. The molecule has 0 saturated heterocycles. The molecule has 0 spiro atoms. The van der Waals surface area contributed by atoms with Gasteiger partial charge in [0.15, 0.2) is 7.14 Å². The van der Waals surface area contributed by atoms with Gasteiger partial charge in [0.25, 0.3) is 11.4 Å². The van der Waals surface area contributed by atoms with E-state index in [9.17, 15) is 33.2 Å². The summed E-state index contributed by atoms with van der Waals surface area (Å²) in [5, 5.41) is 20.7. The van der Waals surface area contributed by atoms with Gasteiger partial charge < -0.3 is 4.55 Å². The van der Waals surface area contributed by atoms with Crippen LogP contribution in [-0.2, 0) is 10.1 Å². The van der Waals surface area contributed by atoms with Crippen molar-refractivity contribution in [3.8, 4) is 0 Å². The number of nitro benzene ring substituents is 2. The molecule has 186 valence electrons. The maximum absolute atomic E-state index is 10.6. The van der Waals surface area contributed by atoms with Gasteiger partial charge in [-0.05, 0) is 47.2 Å². The van der Waals surface area contributed by atoms with Crippen LogP contribution >= 0.6 is 0 Å². The molecule has 0 bridgehead atoms. The van der Waals surface area contributed by atoms with E-state index in [-0.39, 0.29) is 21.2 Å². The zero-order valence-electron chi connectivity index (χ0n) is 19.5. The van der Waals surface area contributed by atoms with Crippen LogP contribution in [0.25, 0.3) is 0 Å². The standard InChI is InChI=1S/C18H22I.C6H4N2O7S/c1-13(2)15-5-9-17(10-6-15)19-18-11-7-16(8-12-18)14(3)4;9-7(10)4-1-5(8(11)12)3-6(2-4)16(13,14)15/h5-14H,1-4H3;1-3H,(H,13,14,15)/q+1;/p-1. The molecule has 0 aliphatic heterocycles. The number of hydrogen-bond acceptors (Lipinski definition) is 7. The van der Waals surface area contributed by atoms with Crippen LogP contribution in [0.1, 0.15) is 50.7 Å². The number of non-ortho nitro benzene ring substituents is 2. The van der Waals surface area contributed by atoms with Crippen molar-refractivity contribution in [2.45, 2.75) is 44.4 Å². The lowest BCUT2D eigenvalue weighted by atomic mass is 10.0. The molecule has 0 amide bonds. The fourth-order valence-corrected chi connectivity index (χ4v) is 5.56. The number of nitrogens with zero attached hydrogens (tertiary/aromatic N) is 2. The molecule has 0 aliphatic carbocycles. The van der Waals surface area contributed by atoms with Crippen LogP contribution in [0.4, 0.5) is 11.4 Å². The lowest BCUT2D eigenvalue weighted by Crippen LogP contribution is -3.61. The average Bonchev–Trinajstić information content (AvgIpc) is 2.79. The highest BCUT2D eigenvalue weighted by Crippen LogP contribution is 2.25. The fourth-order valence-electron chi connectivity index (χ4n) is 2.87. The second-order valence-corrected chi connectivity index (χ2v) is 12.6. The van der Waals surface area contributed by atoms with E-state index >= 15 is 0 Å². The number of benzene rings is 3. The van der Waals surface area contributed by atoms with E-state index in [2.05, 4.69) is 76.2 Å². The van der Waals surface area contributed by atoms with Crippen molar-refractivity contribution in [1.82, 2.24) is 0 Å². The summed E-state index contributed by atoms with van der Waals surface area (Å²) in [4.78, 5) is 17.6. The van der Waals surface area contributed by atoms with Gasteiger partial charge in [0.05, 0.1) is 20.8 Å². The normalized spacial score (nSPS) is 11.2. The molecule has 0 N–H and O–H groups in total. The molecule has 0 aromatic heterocycles. The average molecular weight is 612 g/mol. The number of rotatable bonds is 7. The zero-order chi connectivity index (χ0) is 26.3. The highest BCUT2D eigenvalue weighted by atomic mass is 127. The fraction of sp³-hybridized carbons (Fsp3) is 0.250. The molecule has 0 atom stereocenters. The Kier molecular flexibility index (Phi) is 9.86. The van der Waals surface area contributed by atoms with Crippen LogP contribution in [0.3, 0.4) is 0 Å². The largest absolute Gasteiger partial charge is 0.744 e. The molecule has 3 rings (SSSR count). The Morgan fingerprint density at radius 3 is 1.29 bits per heavy atom. The molecule has 9 nitrogen and oxygen atoms in total. The summed E-state index contributed by atoms with van der Waals surface area (Å²) in [6.07, 6.45) is 0. The number of nitro groups is 2. The summed E-state index contributed by atoms with van der Waals surface area (Å²) >= 11 is -0.0366. The SMILES string of the molecule is CC(C)c1ccc([I+]c2ccc(C(C)C)cc2)cc1.O=[N+]([O-])c1cc([N+](=O)[O-])cc(S(=O)(=O)[O-])c1. The summed E-state index contributed by atoms with van der Waals surface area (Å²) in [5.74, 6) is 1.25. The van der Waals surface area contributed by atoms with E-state index in [1.54, 1.807) is 0 Å². The third-order valence-corrected chi connectivity index (χ3v) is 8.37. The van der Waals surface area contributed by atoms with Gasteiger partial charge in [0.1, 0.15) is 10.1 Å². The first kappa shape index (κ1) is 28.3. The molecule has 3 aromatic rings. The summed E-state index contributed by atoms with van der Waals surface area (Å²) < 4.78 is 34.7. The van der Waals surface area contributed by atoms with Gasteiger partial charge in [-0.25, -0.2) is 8.42 Å². The van der Waals surface area contributed by atoms with Crippen LogP contribution in [0.15, 0.2) is 71.6 Å². The smallest absolute Gasteiger partial charge is 0.357 e. The molecule has 0 fully saturated rings. The third kappa shape index (κ3) is 8.67. The molecule has 0 heterocycles. The Morgan fingerprint density at radius 2 is 1.03 bits per heavy atom. The van der Waals surface area contributed by atoms with Gasteiger partial charge in [-0.15, -0.1) is 0 Å². The first-order chi connectivity index (χ1) is 16.3. The molecule has 0 radical (unpaired) electrons. The molecular formula is C24H25IN2O7S. The second-order valence-electron chi connectivity index (χ2n) is 8.16. The quantitative estimate of drug-likeness (QED) is 0.173. The molecule has 0 unspecified atom stereocenters. The molecule has 3 aromatic carbocycles. The van der Waals surface area contributed by atoms with Gasteiger partial charge in [-0.3, -0.25) is 20.2 Å². The van der Waals surface area contributed by atoms with Gasteiger partial charge in [0, 0.05) is 12.1 Å². The van der Waals surface area contributed by atoms with E-state index in [4.69, 9.17) is 0 Å². The summed E-state index contributed by atoms with van der Waals surface area (Å²) in [7, 11) is -4.97. The van der Waals surface area contributed by atoms with Gasteiger partial charge in [-0.1, -0.05) is 52.0 Å². The maximum atomic E-state index is 10.6. The highest BCUT2D eigenvalue weighted by Gasteiger charge is 2.19. The van der Waals surface area contributed by atoms with Crippen molar-refractivity contribution < 1.29 is 44.0 Å². The van der Waals surface area contributed by atoms with E-state index in [1.807, 2.05) is 0 Å². The molecule has 11 heteroatoms. The van der Waals surface area contributed by atoms with Crippen LogP contribution in [-0.4, -0.2) is 22.8 Å². The maximum Gasteiger partial charge on any atom is 0.357 e. The predicted octanol–water partition coefficient (Wildman–Crippen LogP) is 2.47. The minimum Gasteiger partial charge on any atom is -0.744 e. The molecular weight excluding hydrogens is 587 g/mol. The first-order valence-corrected chi connectivity index (χ1v) is 14.1. The number of halogens is 1. The van der Waals surface area contributed by atoms with E-state index < -0.39 is 36.2 Å². The third-order valence-electron chi connectivity index (χ3n) is 4.88. The molecule has 35 heavy (non-hydrogen) atoms. The summed E-state index contributed by atoms with van der Waals surface area (Å²) in [6, 6.07) is 19.8. The monoisotopic (exact) mass is 612 g/mol. The Bertz CT molecular complexity index is 1210. The Hall–Kier alpha value is -2.90. The van der Waals surface area contributed by atoms with Crippen molar-refractivity contribution in [1.29, 1.82) is 0 Å². The van der Waals surface area contributed by atoms with Crippen molar-refractivity contribution in [3.63, 3.8) is 0 Å². The topological polar surface area (TPSA) is 143 Å². The lowest BCUT2D eigenvalue weighted by Gasteiger charge is -2.05. The van der Waals surface area contributed by atoms with Gasteiger partial charge in [-0.2, -0.15) is 0 Å². The first-order valence-electron chi connectivity index (χ1n) is 10.5. The van der Waals surface area contributed by atoms with Crippen molar-refractivity contribution in [3.05, 3.63) is 105 Å². The van der Waals surface area contributed by atoms with E-state index in [0.29, 0.717) is 30.0 Å². The van der Waals surface area contributed by atoms with Crippen LogP contribution in [0.5, 0.6) is 0 Å². The molecule has 0 saturated carbocycles. The van der Waals surface area contributed by atoms with E-state index in [1.165, 1.54) is 18.3 Å². The van der Waals surface area contributed by atoms with Crippen LogP contribution < -0.4 is 21.2 Å². The van der Waals surface area contributed by atoms with Gasteiger partial charge in [0.2, 0.25) is 0 Å². The van der Waals surface area contributed by atoms with Crippen LogP contribution in [0.2, 0.25) is 0 Å². The second kappa shape index (κ2) is 12.2. The zero-order valence-corrected chi connectivity index (χ0v) is 22.5. The lowest BCUT2D eigenvalue weighted by molar-refractivity contribution is -0.597. The van der Waals surface area contributed by atoms with Crippen molar-refractivity contribution in [2.75, 3.05) is 0 Å². The minimum absolute atomic E-state index is 0.0366. The summed E-state index contributed by atoms with van der Waals surface area (Å²) in [6.45, 7) is 8.98. The Labute approximate surface area is 214 Å². The van der Waals surface area contributed by atoms with E-state index in [0.717, 1.165) is 0 Å².